The Balaban J connectivity index is 1.76. The van der Waals surface area contributed by atoms with E-state index < -0.39 is 0 Å². The van der Waals surface area contributed by atoms with Gasteiger partial charge in [0.1, 0.15) is 0 Å². The van der Waals surface area contributed by atoms with Gasteiger partial charge in [0.2, 0.25) is 0 Å². The number of nitrogens with zero attached hydrogens (tertiary/aromatic N) is 2. The lowest BCUT2D eigenvalue weighted by molar-refractivity contribution is 0.0370. The van der Waals surface area contributed by atoms with Crippen LogP contribution in [-0.2, 0) is 0 Å². The van der Waals surface area contributed by atoms with Crippen molar-refractivity contribution >= 4 is 5.91 Å². The lowest BCUT2D eigenvalue weighted by atomic mass is 9.99. The quantitative estimate of drug-likeness (QED) is 0.761. The summed E-state index contributed by atoms with van der Waals surface area (Å²) < 4.78 is 0. The highest BCUT2D eigenvalue weighted by atomic mass is 16.3. The smallest absolute Gasteiger partial charge is 0.257 e. The van der Waals surface area contributed by atoms with Gasteiger partial charge in [-0.3, -0.25) is 9.69 Å². The maximum Gasteiger partial charge on any atom is 0.257 e. The minimum absolute atomic E-state index is 0.189. The third-order valence-electron chi connectivity index (χ3n) is 4.37. The molecule has 3 rings (SSSR count). The summed E-state index contributed by atoms with van der Waals surface area (Å²) in [6.07, 6.45) is 3.61. The summed E-state index contributed by atoms with van der Waals surface area (Å²) in [6, 6.07) is 4.97. The van der Waals surface area contributed by atoms with Crippen LogP contribution in [0.4, 0.5) is 0 Å². The maximum atomic E-state index is 12.5. The van der Waals surface area contributed by atoms with Crippen LogP contribution in [0.2, 0.25) is 0 Å². The molecule has 0 bridgehead atoms. The number of carbonyl (C=O) groups is 1. The van der Waals surface area contributed by atoms with Gasteiger partial charge in [0.25, 0.3) is 5.91 Å². The first kappa shape index (κ1) is 13.2. The third kappa shape index (κ3) is 2.33. The number of piperidine rings is 1. The SMILES string of the molecule is O=C(c1cccc(O)c1O)N1CCN2CCCCC2C1. The first-order valence-electron chi connectivity index (χ1n) is 7.21. The van der Waals surface area contributed by atoms with E-state index in [9.17, 15) is 15.0 Å². The summed E-state index contributed by atoms with van der Waals surface area (Å²) in [5, 5.41) is 19.3. The van der Waals surface area contributed by atoms with Gasteiger partial charge in [0.05, 0.1) is 5.56 Å². The van der Waals surface area contributed by atoms with Gasteiger partial charge in [-0.2, -0.15) is 0 Å². The molecule has 2 heterocycles. The van der Waals surface area contributed by atoms with Gasteiger partial charge in [-0.25, -0.2) is 0 Å². The fraction of sp³-hybridized carbons (Fsp3) is 0.533. The van der Waals surface area contributed by atoms with Crippen LogP contribution in [0.15, 0.2) is 18.2 Å². The minimum Gasteiger partial charge on any atom is -0.504 e. The Morgan fingerprint density at radius 2 is 2.00 bits per heavy atom. The monoisotopic (exact) mass is 276 g/mol. The fourth-order valence-electron chi connectivity index (χ4n) is 3.21. The predicted molar refractivity (Wildman–Crippen MR) is 74.9 cm³/mol. The maximum absolute atomic E-state index is 12.5. The molecule has 0 aliphatic carbocycles. The lowest BCUT2D eigenvalue weighted by Crippen LogP contribution is -2.56. The number of amides is 1. The summed E-state index contributed by atoms with van der Waals surface area (Å²) >= 11 is 0. The number of carbonyl (C=O) groups excluding carboxylic acids is 1. The molecular formula is C15H20N2O3. The highest BCUT2D eigenvalue weighted by Gasteiger charge is 2.32. The summed E-state index contributed by atoms with van der Waals surface area (Å²) in [7, 11) is 0. The normalized spacial score (nSPS) is 23.4. The van der Waals surface area contributed by atoms with Gasteiger partial charge in [-0.15, -0.1) is 0 Å². The van der Waals surface area contributed by atoms with Gasteiger partial charge in [-0.1, -0.05) is 12.5 Å². The zero-order chi connectivity index (χ0) is 14.1. The molecule has 2 N–H and O–H groups in total. The molecule has 1 aromatic carbocycles. The number of piperazine rings is 1. The van der Waals surface area contributed by atoms with Crippen LogP contribution < -0.4 is 0 Å². The first-order valence-corrected chi connectivity index (χ1v) is 7.21. The second-order valence-electron chi connectivity index (χ2n) is 5.61. The van der Waals surface area contributed by atoms with Crippen LogP contribution in [-0.4, -0.2) is 58.1 Å². The van der Waals surface area contributed by atoms with Crippen LogP contribution in [0.1, 0.15) is 29.6 Å². The van der Waals surface area contributed by atoms with Crippen molar-refractivity contribution in [3.63, 3.8) is 0 Å². The van der Waals surface area contributed by atoms with Crippen LogP contribution >= 0.6 is 0 Å². The van der Waals surface area contributed by atoms with E-state index in [0.29, 0.717) is 19.1 Å². The number of hydrogen-bond donors (Lipinski definition) is 2. The molecule has 1 unspecified atom stereocenters. The van der Waals surface area contributed by atoms with E-state index in [1.165, 1.54) is 18.9 Å². The molecule has 20 heavy (non-hydrogen) atoms. The number of phenols is 2. The first-order chi connectivity index (χ1) is 9.66. The summed E-state index contributed by atoms with van der Waals surface area (Å²) in [5.74, 6) is -0.751. The molecule has 0 spiro atoms. The summed E-state index contributed by atoms with van der Waals surface area (Å²) in [6.45, 7) is 3.43. The number of benzene rings is 1. The Morgan fingerprint density at radius 3 is 2.85 bits per heavy atom. The summed E-state index contributed by atoms with van der Waals surface area (Å²) in [4.78, 5) is 16.7. The molecule has 5 heteroatoms. The zero-order valence-corrected chi connectivity index (χ0v) is 11.5. The number of fused-ring (bicyclic) bond motifs is 1. The molecule has 108 valence electrons. The second kappa shape index (κ2) is 5.32. The molecule has 1 aromatic rings. The highest BCUT2D eigenvalue weighted by Crippen LogP contribution is 2.30. The van der Waals surface area contributed by atoms with E-state index in [1.807, 2.05) is 0 Å². The minimum atomic E-state index is -0.316. The Labute approximate surface area is 118 Å². The van der Waals surface area contributed by atoms with Gasteiger partial charge in [0.15, 0.2) is 11.5 Å². The van der Waals surface area contributed by atoms with Crippen molar-refractivity contribution in [3.05, 3.63) is 23.8 Å². The molecule has 0 saturated carbocycles. The van der Waals surface area contributed by atoms with Gasteiger partial charge >= 0.3 is 0 Å². The largest absolute Gasteiger partial charge is 0.504 e. The van der Waals surface area contributed by atoms with Crippen LogP contribution in [0.25, 0.3) is 0 Å². The van der Waals surface area contributed by atoms with Crippen molar-refractivity contribution in [2.24, 2.45) is 0 Å². The molecule has 5 nitrogen and oxygen atoms in total. The van der Waals surface area contributed by atoms with Crippen molar-refractivity contribution in [2.45, 2.75) is 25.3 Å². The molecule has 2 aliphatic rings. The number of hydrogen-bond acceptors (Lipinski definition) is 4. The molecule has 2 fully saturated rings. The van der Waals surface area contributed by atoms with E-state index in [2.05, 4.69) is 4.90 Å². The lowest BCUT2D eigenvalue weighted by Gasteiger charge is -2.44. The Bertz CT molecular complexity index is 518. The van der Waals surface area contributed by atoms with Crippen molar-refractivity contribution in [3.8, 4) is 11.5 Å². The van der Waals surface area contributed by atoms with Crippen molar-refractivity contribution in [1.82, 2.24) is 9.80 Å². The molecule has 0 aromatic heterocycles. The zero-order valence-electron chi connectivity index (χ0n) is 11.5. The Morgan fingerprint density at radius 1 is 1.15 bits per heavy atom. The average Bonchev–Trinajstić information content (AvgIpc) is 2.49. The van der Waals surface area contributed by atoms with Crippen molar-refractivity contribution < 1.29 is 15.0 Å². The van der Waals surface area contributed by atoms with Crippen molar-refractivity contribution in [1.29, 1.82) is 0 Å². The molecule has 1 atom stereocenters. The Hall–Kier alpha value is -1.75. The molecule has 2 aliphatic heterocycles. The summed E-state index contributed by atoms with van der Waals surface area (Å²) in [5.41, 5.74) is 0.189. The molecule has 1 amide bonds. The highest BCUT2D eigenvalue weighted by molar-refractivity contribution is 5.97. The average molecular weight is 276 g/mol. The fourth-order valence-corrected chi connectivity index (χ4v) is 3.21. The third-order valence-corrected chi connectivity index (χ3v) is 4.37. The van der Waals surface area contributed by atoms with Crippen LogP contribution in [0.3, 0.4) is 0 Å². The standard InChI is InChI=1S/C15H20N2O3/c18-13-6-3-5-12(14(13)19)15(20)17-9-8-16-7-2-1-4-11(16)10-17/h3,5-6,11,18-19H,1-2,4,7-10H2. The van der Waals surface area contributed by atoms with Gasteiger partial charge < -0.3 is 15.1 Å². The van der Waals surface area contributed by atoms with Crippen molar-refractivity contribution in [2.75, 3.05) is 26.2 Å². The van der Waals surface area contributed by atoms with E-state index in [0.717, 1.165) is 19.5 Å². The van der Waals surface area contributed by atoms with Crippen LogP contribution in [0.5, 0.6) is 11.5 Å². The number of para-hydroxylation sites is 1. The topological polar surface area (TPSA) is 64.0 Å². The van der Waals surface area contributed by atoms with E-state index >= 15 is 0 Å². The van der Waals surface area contributed by atoms with Gasteiger partial charge in [-0.05, 0) is 31.5 Å². The second-order valence-corrected chi connectivity index (χ2v) is 5.61. The molecule has 2 saturated heterocycles. The van der Waals surface area contributed by atoms with E-state index in [-0.39, 0.29) is 23.0 Å². The predicted octanol–water partition coefficient (Wildman–Crippen LogP) is 1.41. The molecule has 0 radical (unpaired) electrons. The van der Waals surface area contributed by atoms with Crippen LogP contribution in [0, 0.1) is 0 Å². The van der Waals surface area contributed by atoms with Gasteiger partial charge in [0, 0.05) is 25.7 Å². The number of rotatable bonds is 1. The van der Waals surface area contributed by atoms with E-state index in [1.54, 1.807) is 17.0 Å². The molecular weight excluding hydrogens is 256 g/mol. The number of aromatic hydroxyl groups is 2. The number of phenolic OH excluding ortho intramolecular Hbond substituents is 2. The Kier molecular flexibility index (Phi) is 3.53. The van der Waals surface area contributed by atoms with E-state index in [4.69, 9.17) is 0 Å².